The van der Waals surface area contributed by atoms with E-state index in [4.69, 9.17) is 9.47 Å². The number of nitrogens with zero attached hydrogens (tertiary/aromatic N) is 1. The SMILES string of the molecule is C=C(C)CNC(=O)c1ccc(-c2ccc3c(c2)COC(C2CCN(C(=O)c4ccccc4)CC2)O3)cc1. The van der Waals surface area contributed by atoms with Crippen LogP contribution < -0.4 is 10.1 Å². The van der Waals surface area contributed by atoms with Crippen molar-refractivity contribution in [2.75, 3.05) is 19.6 Å². The molecular formula is C31H32N2O4. The Morgan fingerprint density at radius 1 is 0.946 bits per heavy atom. The first kappa shape index (κ1) is 24.8. The summed E-state index contributed by atoms with van der Waals surface area (Å²) in [6.45, 7) is 8.05. The van der Waals surface area contributed by atoms with E-state index < -0.39 is 0 Å². The quantitative estimate of drug-likeness (QED) is 0.461. The molecule has 0 saturated carbocycles. The third kappa shape index (κ3) is 5.75. The number of hydrogen-bond acceptors (Lipinski definition) is 4. The minimum atomic E-state index is -0.302. The van der Waals surface area contributed by atoms with Crippen molar-refractivity contribution in [3.05, 3.63) is 102 Å². The van der Waals surface area contributed by atoms with Gasteiger partial charge >= 0.3 is 0 Å². The van der Waals surface area contributed by atoms with E-state index in [0.717, 1.165) is 46.4 Å². The molecule has 3 aromatic rings. The average molecular weight is 497 g/mol. The number of fused-ring (bicyclic) bond motifs is 1. The molecule has 2 amide bonds. The summed E-state index contributed by atoms with van der Waals surface area (Å²) in [5.41, 5.74) is 5.34. The first-order valence-electron chi connectivity index (χ1n) is 12.8. The molecule has 1 saturated heterocycles. The number of ether oxygens (including phenoxy) is 2. The number of carbonyl (C=O) groups excluding carboxylic acids is 2. The summed E-state index contributed by atoms with van der Waals surface area (Å²) in [7, 11) is 0. The first-order valence-corrected chi connectivity index (χ1v) is 12.8. The monoisotopic (exact) mass is 496 g/mol. The van der Waals surface area contributed by atoms with Crippen molar-refractivity contribution in [3.63, 3.8) is 0 Å². The Morgan fingerprint density at radius 3 is 2.35 bits per heavy atom. The van der Waals surface area contributed by atoms with Gasteiger partial charge in [0.25, 0.3) is 11.8 Å². The van der Waals surface area contributed by atoms with Crippen molar-refractivity contribution in [2.24, 2.45) is 5.92 Å². The molecule has 1 atom stereocenters. The van der Waals surface area contributed by atoms with Gasteiger partial charge in [0.15, 0.2) is 0 Å². The topological polar surface area (TPSA) is 67.9 Å². The summed E-state index contributed by atoms with van der Waals surface area (Å²) in [4.78, 5) is 26.9. The molecule has 1 N–H and O–H groups in total. The van der Waals surface area contributed by atoms with Gasteiger partial charge in [0.05, 0.1) is 6.61 Å². The molecule has 2 heterocycles. The van der Waals surface area contributed by atoms with Crippen LogP contribution in [0.3, 0.4) is 0 Å². The number of likely N-dealkylation sites (tertiary alicyclic amines) is 1. The van der Waals surface area contributed by atoms with Gasteiger partial charge in [-0.2, -0.15) is 0 Å². The fourth-order valence-corrected chi connectivity index (χ4v) is 4.84. The van der Waals surface area contributed by atoms with Gasteiger partial charge in [0.2, 0.25) is 6.29 Å². The number of piperidine rings is 1. The summed E-state index contributed by atoms with van der Waals surface area (Å²) in [6, 6.07) is 23.1. The smallest absolute Gasteiger partial charge is 0.253 e. The number of amides is 2. The molecule has 1 unspecified atom stereocenters. The molecule has 1 fully saturated rings. The van der Waals surface area contributed by atoms with Crippen LogP contribution in [0.2, 0.25) is 0 Å². The minimum absolute atomic E-state index is 0.0860. The Hall–Kier alpha value is -3.90. The van der Waals surface area contributed by atoms with Crippen LogP contribution in [-0.2, 0) is 11.3 Å². The van der Waals surface area contributed by atoms with E-state index in [1.54, 1.807) is 0 Å². The molecule has 2 aliphatic rings. The van der Waals surface area contributed by atoms with Crippen LogP contribution in [0.1, 0.15) is 46.0 Å². The molecule has 0 aromatic heterocycles. The molecule has 0 bridgehead atoms. The second-order valence-corrected chi connectivity index (χ2v) is 9.83. The highest BCUT2D eigenvalue weighted by molar-refractivity contribution is 5.95. The van der Waals surface area contributed by atoms with E-state index in [9.17, 15) is 9.59 Å². The van der Waals surface area contributed by atoms with Crippen LogP contribution in [0, 0.1) is 5.92 Å². The second kappa shape index (κ2) is 11.0. The van der Waals surface area contributed by atoms with Crippen LogP contribution in [-0.4, -0.2) is 42.6 Å². The number of rotatable bonds is 6. The fourth-order valence-electron chi connectivity index (χ4n) is 4.84. The predicted octanol–water partition coefficient (Wildman–Crippen LogP) is 5.45. The van der Waals surface area contributed by atoms with Crippen molar-refractivity contribution in [1.29, 1.82) is 0 Å². The maximum atomic E-state index is 12.7. The van der Waals surface area contributed by atoms with Gasteiger partial charge in [0, 0.05) is 42.2 Å². The van der Waals surface area contributed by atoms with Crippen LogP contribution in [0.15, 0.2) is 84.9 Å². The molecule has 0 radical (unpaired) electrons. The zero-order valence-electron chi connectivity index (χ0n) is 21.1. The van der Waals surface area contributed by atoms with Crippen LogP contribution in [0.25, 0.3) is 11.1 Å². The van der Waals surface area contributed by atoms with Gasteiger partial charge in [-0.25, -0.2) is 0 Å². The highest BCUT2D eigenvalue weighted by Crippen LogP contribution is 2.35. The molecule has 0 aliphatic carbocycles. The molecule has 3 aromatic carbocycles. The van der Waals surface area contributed by atoms with Gasteiger partial charge in [-0.15, -0.1) is 0 Å². The molecule has 2 aliphatic heterocycles. The minimum Gasteiger partial charge on any atom is -0.464 e. The normalized spacial score (nSPS) is 17.4. The Labute approximate surface area is 217 Å². The zero-order valence-corrected chi connectivity index (χ0v) is 21.1. The molecule has 6 nitrogen and oxygen atoms in total. The summed E-state index contributed by atoms with van der Waals surface area (Å²) in [5.74, 6) is 1.07. The van der Waals surface area contributed by atoms with Crippen molar-refractivity contribution in [2.45, 2.75) is 32.7 Å². The molecule has 37 heavy (non-hydrogen) atoms. The van der Waals surface area contributed by atoms with Crippen LogP contribution in [0.4, 0.5) is 0 Å². The molecule has 6 heteroatoms. The van der Waals surface area contributed by atoms with E-state index in [2.05, 4.69) is 18.0 Å². The molecular weight excluding hydrogens is 464 g/mol. The summed E-state index contributed by atoms with van der Waals surface area (Å²) in [6.07, 6.45) is 1.40. The third-order valence-corrected chi connectivity index (χ3v) is 6.97. The fraction of sp³-hybridized carbons (Fsp3) is 0.290. The molecule has 190 valence electrons. The van der Waals surface area contributed by atoms with Gasteiger partial charge in [-0.3, -0.25) is 9.59 Å². The summed E-state index contributed by atoms with van der Waals surface area (Å²) < 4.78 is 12.4. The lowest BCUT2D eigenvalue weighted by Crippen LogP contribution is -2.44. The van der Waals surface area contributed by atoms with Crippen LogP contribution >= 0.6 is 0 Å². The van der Waals surface area contributed by atoms with Crippen molar-refractivity contribution in [3.8, 4) is 16.9 Å². The van der Waals surface area contributed by atoms with E-state index >= 15 is 0 Å². The highest BCUT2D eigenvalue weighted by atomic mass is 16.7. The predicted molar refractivity (Wildman–Crippen MR) is 143 cm³/mol. The Kier molecular flexibility index (Phi) is 7.37. The van der Waals surface area contributed by atoms with E-state index in [1.807, 2.05) is 78.6 Å². The van der Waals surface area contributed by atoms with Crippen molar-refractivity contribution < 1.29 is 19.1 Å². The molecule has 5 rings (SSSR count). The van der Waals surface area contributed by atoms with Gasteiger partial charge in [-0.1, -0.05) is 48.6 Å². The maximum absolute atomic E-state index is 12.7. The number of benzene rings is 3. The Balaban J connectivity index is 1.18. The van der Waals surface area contributed by atoms with Crippen molar-refractivity contribution in [1.82, 2.24) is 10.2 Å². The van der Waals surface area contributed by atoms with E-state index in [-0.39, 0.29) is 24.0 Å². The first-order chi connectivity index (χ1) is 18.0. The zero-order chi connectivity index (χ0) is 25.8. The Bertz CT molecular complexity index is 1280. The number of hydrogen-bond donors (Lipinski definition) is 1. The number of carbonyl (C=O) groups is 2. The van der Waals surface area contributed by atoms with Gasteiger partial charge < -0.3 is 19.7 Å². The maximum Gasteiger partial charge on any atom is 0.253 e. The van der Waals surface area contributed by atoms with Crippen molar-refractivity contribution >= 4 is 11.8 Å². The number of nitrogens with one attached hydrogen (secondary N) is 1. The summed E-state index contributed by atoms with van der Waals surface area (Å²) in [5, 5.41) is 2.85. The second-order valence-electron chi connectivity index (χ2n) is 9.83. The highest BCUT2D eigenvalue weighted by Gasteiger charge is 2.33. The largest absolute Gasteiger partial charge is 0.464 e. The van der Waals surface area contributed by atoms with Gasteiger partial charge in [-0.05, 0) is 67.3 Å². The lowest BCUT2D eigenvalue weighted by atomic mass is 9.94. The molecule has 0 spiro atoms. The van der Waals surface area contributed by atoms with E-state index in [0.29, 0.717) is 31.8 Å². The lowest BCUT2D eigenvalue weighted by molar-refractivity contribution is -0.148. The summed E-state index contributed by atoms with van der Waals surface area (Å²) >= 11 is 0. The average Bonchev–Trinajstić information content (AvgIpc) is 2.95. The van der Waals surface area contributed by atoms with E-state index in [1.165, 1.54) is 0 Å². The standard InChI is InChI=1S/C31H32N2O4/c1-21(2)19-32-29(34)23-10-8-22(9-11-23)26-12-13-28-27(18-26)20-36-31(37-28)25-14-16-33(17-15-25)30(35)24-6-4-3-5-7-24/h3-13,18,25,31H,1,14-17,19-20H2,2H3,(H,32,34). The third-order valence-electron chi connectivity index (χ3n) is 6.97. The lowest BCUT2D eigenvalue weighted by Gasteiger charge is -2.37. The van der Waals surface area contributed by atoms with Gasteiger partial charge in [0.1, 0.15) is 5.75 Å². The Morgan fingerprint density at radius 2 is 1.65 bits per heavy atom. The van der Waals surface area contributed by atoms with Crippen LogP contribution in [0.5, 0.6) is 5.75 Å².